The third kappa shape index (κ3) is 3.24. The van der Waals surface area contributed by atoms with E-state index in [1.807, 2.05) is 0 Å². The van der Waals surface area contributed by atoms with Gasteiger partial charge in [-0.2, -0.15) is 13.2 Å². The Bertz CT molecular complexity index is 548. The van der Waals surface area contributed by atoms with Gasteiger partial charge in [-0.15, -0.1) is 0 Å². The zero-order valence-corrected chi connectivity index (χ0v) is 11.3. The van der Waals surface area contributed by atoms with E-state index in [4.69, 9.17) is 4.74 Å². The summed E-state index contributed by atoms with van der Waals surface area (Å²) in [7, 11) is -5.27. The van der Waals surface area contributed by atoms with Gasteiger partial charge in [0.05, 0.1) is 4.90 Å². The molecule has 4 nitrogen and oxygen atoms in total. The molecule has 0 aliphatic carbocycles. The van der Waals surface area contributed by atoms with Gasteiger partial charge in [-0.1, -0.05) is 0 Å². The predicted octanol–water partition coefficient (Wildman–Crippen LogP) is 2.57. The van der Waals surface area contributed by atoms with Crippen molar-refractivity contribution in [3.05, 3.63) is 24.3 Å². The molecule has 1 aliphatic rings. The molecule has 112 valence electrons. The van der Waals surface area contributed by atoms with E-state index >= 15 is 0 Å². The predicted molar refractivity (Wildman–Crippen MR) is 67.1 cm³/mol. The minimum absolute atomic E-state index is 0.189. The Morgan fingerprint density at radius 2 is 1.65 bits per heavy atom. The van der Waals surface area contributed by atoms with Gasteiger partial charge in [0.15, 0.2) is 0 Å². The van der Waals surface area contributed by atoms with Gasteiger partial charge >= 0.3 is 5.51 Å². The van der Waals surface area contributed by atoms with Gasteiger partial charge in [-0.05, 0) is 37.1 Å². The lowest BCUT2D eigenvalue weighted by Crippen LogP contribution is -2.27. The number of rotatable bonds is 3. The molecule has 0 aromatic heterocycles. The highest BCUT2D eigenvalue weighted by Crippen LogP contribution is 2.30. The summed E-state index contributed by atoms with van der Waals surface area (Å²) in [6, 6.07) is 4.80. The molecule has 1 saturated heterocycles. The number of benzene rings is 1. The molecule has 20 heavy (non-hydrogen) atoms. The number of ether oxygens (including phenoxy) is 1. The standard InChI is InChI=1S/C12H14F3NO3S/c13-12(14,15)20(17,18)11-3-1-9(2-4-11)16-10-5-7-19-8-6-10/h1-4,10,16H,5-8H2. The van der Waals surface area contributed by atoms with E-state index < -0.39 is 20.2 Å². The van der Waals surface area contributed by atoms with Crippen molar-refractivity contribution < 1.29 is 26.3 Å². The minimum Gasteiger partial charge on any atom is -0.382 e. The van der Waals surface area contributed by atoms with Crippen LogP contribution in [0.25, 0.3) is 0 Å². The van der Waals surface area contributed by atoms with Crippen LogP contribution in [-0.4, -0.2) is 33.2 Å². The zero-order chi connectivity index (χ0) is 14.8. The second-order valence-corrected chi connectivity index (χ2v) is 6.45. The molecule has 1 fully saturated rings. The van der Waals surface area contributed by atoms with Gasteiger partial charge in [0.25, 0.3) is 9.84 Å². The normalized spacial score (nSPS) is 17.9. The van der Waals surface area contributed by atoms with Gasteiger partial charge in [0.2, 0.25) is 0 Å². The summed E-state index contributed by atoms with van der Waals surface area (Å²) in [5, 5.41) is 3.14. The fraction of sp³-hybridized carbons (Fsp3) is 0.500. The molecule has 1 aromatic carbocycles. The van der Waals surface area contributed by atoms with Crippen LogP contribution >= 0.6 is 0 Å². The van der Waals surface area contributed by atoms with Gasteiger partial charge in [-0.25, -0.2) is 8.42 Å². The molecule has 0 atom stereocenters. The van der Waals surface area contributed by atoms with E-state index in [2.05, 4.69) is 5.32 Å². The van der Waals surface area contributed by atoms with Crippen LogP contribution in [0.3, 0.4) is 0 Å². The summed E-state index contributed by atoms with van der Waals surface area (Å²) in [4.78, 5) is -0.748. The van der Waals surface area contributed by atoms with Crippen molar-refractivity contribution in [2.75, 3.05) is 18.5 Å². The highest BCUT2D eigenvalue weighted by Gasteiger charge is 2.46. The Morgan fingerprint density at radius 3 is 2.15 bits per heavy atom. The number of hydrogen-bond donors (Lipinski definition) is 1. The van der Waals surface area contributed by atoms with Crippen LogP contribution in [0.15, 0.2) is 29.2 Å². The van der Waals surface area contributed by atoms with E-state index in [9.17, 15) is 21.6 Å². The van der Waals surface area contributed by atoms with Crippen molar-refractivity contribution in [1.29, 1.82) is 0 Å². The van der Waals surface area contributed by atoms with Gasteiger partial charge in [-0.3, -0.25) is 0 Å². The van der Waals surface area contributed by atoms with Crippen molar-refractivity contribution in [2.24, 2.45) is 0 Å². The van der Waals surface area contributed by atoms with E-state index in [0.717, 1.165) is 25.0 Å². The first kappa shape index (κ1) is 15.1. The second kappa shape index (κ2) is 5.61. The van der Waals surface area contributed by atoms with Crippen LogP contribution in [0.4, 0.5) is 18.9 Å². The molecule has 0 amide bonds. The molecule has 2 rings (SSSR count). The maximum absolute atomic E-state index is 12.4. The summed E-state index contributed by atoms with van der Waals surface area (Å²) in [6.07, 6.45) is 1.62. The fourth-order valence-electron chi connectivity index (χ4n) is 1.94. The first-order valence-corrected chi connectivity index (χ1v) is 7.55. The summed E-state index contributed by atoms with van der Waals surface area (Å²) in [5.41, 5.74) is -4.68. The Kier molecular flexibility index (Phi) is 4.24. The lowest BCUT2D eigenvalue weighted by atomic mass is 10.1. The third-order valence-corrected chi connectivity index (χ3v) is 4.56. The van der Waals surface area contributed by atoms with E-state index in [-0.39, 0.29) is 6.04 Å². The molecule has 0 saturated carbocycles. The van der Waals surface area contributed by atoms with Crippen LogP contribution in [-0.2, 0) is 14.6 Å². The number of halogens is 3. The molecule has 8 heteroatoms. The Balaban J connectivity index is 2.10. The number of hydrogen-bond acceptors (Lipinski definition) is 4. The molecule has 0 unspecified atom stereocenters. The quantitative estimate of drug-likeness (QED) is 0.932. The molecule has 0 spiro atoms. The van der Waals surface area contributed by atoms with E-state index in [1.54, 1.807) is 0 Å². The highest BCUT2D eigenvalue weighted by atomic mass is 32.2. The Labute approximate surface area is 114 Å². The minimum atomic E-state index is -5.28. The summed E-state index contributed by atoms with van der Waals surface area (Å²) < 4.78 is 64.7. The van der Waals surface area contributed by atoms with Gasteiger partial charge in [0.1, 0.15) is 0 Å². The zero-order valence-electron chi connectivity index (χ0n) is 10.5. The van der Waals surface area contributed by atoms with Crippen LogP contribution in [0, 0.1) is 0 Å². The van der Waals surface area contributed by atoms with Crippen LogP contribution in [0.5, 0.6) is 0 Å². The van der Waals surface area contributed by atoms with E-state index in [0.29, 0.717) is 18.9 Å². The van der Waals surface area contributed by atoms with Crippen molar-refractivity contribution in [1.82, 2.24) is 0 Å². The average molecular weight is 309 g/mol. The Morgan fingerprint density at radius 1 is 1.10 bits per heavy atom. The largest absolute Gasteiger partial charge is 0.501 e. The number of anilines is 1. The van der Waals surface area contributed by atoms with Gasteiger partial charge < -0.3 is 10.1 Å². The molecule has 0 radical (unpaired) electrons. The first-order chi connectivity index (χ1) is 9.30. The lowest BCUT2D eigenvalue weighted by Gasteiger charge is -2.24. The molecule has 1 N–H and O–H groups in total. The number of sulfone groups is 1. The first-order valence-electron chi connectivity index (χ1n) is 6.06. The van der Waals surface area contributed by atoms with Crippen molar-refractivity contribution in [3.8, 4) is 0 Å². The van der Waals surface area contributed by atoms with Crippen molar-refractivity contribution in [3.63, 3.8) is 0 Å². The monoisotopic (exact) mass is 309 g/mol. The molecule has 0 bridgehead atoms. The SMILES string of the molecule is O=S(=O)(c1ccc(NC2CCOCC2)cc1)C(F)(F)F. The molecule has 1 aromatic rings. The maximum Gasteiger partial charge on any atom is 0.501 e. The number of nitrogens with one attached hydrogen (secondary N) is 1. The molecular weight excluding hydrogens is 295 g/mol. The summed E-state index contributed by atoms with van der Waals surface area (Å²) in [6.45, 7) is 1.27. The molecular formula is C12H14F3NO3S. The van der Waals surface area contributed by atoms with Gasteiger partial charge in [0, 0.05) is 24.9 Å². The highest BCUT2D eigenvalue weighted by molar-refractivity contribution is 7.92. The smallest absolute Gasteiger partial charge is 0.382 e. The topological polar surface area (TPSA) is 55.4 Å². The van der Waals surface area contributed by atoms with Crippen LogP contribution < -0.4 is 5.32 Å². The van der Waals surface area contributed by atoms with Crippen LogP contribution in [0.1, 0.15) is 12.8 Å². The molecule has 1 heterocycles. The summed E-state index contributed by atoms with van der Waals surface area (Å²) >= 11 is 0. The van der Waals surface area contributed by atoms with Crippen LogP contribution in [0.2, 0.25) is 0 Å². The second-order valence-electron chi connectivity index (χ2n) is 4.50. The molecule has 1 aliphatic heterocycles. The lowest BCUT2D eigenvalue weighted by molar-refractivity contribution is -0.0436. The Hall–Kier alpha value is -1.28. The summed E-state index contributed by atoms with van der Waals surface area (Å²) in [5.74, 6) is 0. The maximum atomic E-state index is 12.4. The fourth-order valence-corrected chi connectivity index (χ4v) is 2.70. The third-order valence-electron chi connectivity index (χ3n) is 3.06. The van der Waals surface area contributed by atoms with E-state index in [1.165, 1.54) is 12.1 Å². The van der Waals surface area contributed by atoms with Crippen molar-refractivity contribution in [2.45, 2.75) is 29.3 Å². The van der Waals surface area contributed by atoms with Crippen molar-refractivity contribution >= 4 is 15.5 Å². The average Bonchev–Trinajstić information content (AvgIpc) is 2.39. The number of alkyl halides is 3.